The monoisotopic (exact) mass is 242 g/mol. The van der Waals surface area contributed by atoms with Crippen molar-refractivity contribution in [1.82, 2.24) is 0 Å². The number of carbonyl (C=O) groups is 2. The van der Waals surface area contributed by atoms with E-state index in [1.54, 1.807) is 6.92 Å². The Hall–Kier alpha value is -0.940. The molecule has 0 aromatic carbocycles. The Balaban J connectivity index is 2.11. The Labute approximate surface area is 100 Å². The lowest BCUT2D eigenvalue weighted by Crippen LogP contribution is -2.39. The molecule has 3 atom stereocenters. The van der Waals surface area contributed by atoms with Gasteiger partial charge in [-0.1, -0.05) is 13.8 Å². The first-order chi connectivity index (χ1) is 8.15. The van der Waals surface area contributed by atoms with E-state index >= 15 is 0 Å². The van der Waals surface area contributed by atoms with Crippen molar-refractivity contribution in [3.8, 4) is 0 Å². The second-order valence-electron chi connectivity index (χ2n) is 4.59. The van der Waals surface area contributed by atoms with E-state index in [4.69, 9.17) is 9.47 Å². The molecular weight excluding hydrogens is 224 g/mol. The van der Waals surface area contributed by atoms with Crippen molar-refractivity contribution in [1.29, 1.82) is 0 Å². The Morgan fingerprint density at radius 1 is 1.24 bits per heavy atom. The first-order valence-electron chi connectivity index (χ1n) is 6.14. The highest BCUT2D eigenvalue weighted by Gasteiger charge is 2.48. The maximum Gasteiger partial charge on any atom is 0.317 e. The summed E-state index contributed by atoms with van der Waals surface area (Å²) >= 11 is 0. The van der Waals surface area contributed by atoms with Gasteiger partial charge in [-0.25, -0.2) is 0 Å². The summed E-state index contributed by atoms with van der Waals surface area (Å²) in [4.78, 5) is 23.1. The molecule has 5 nitrogen and oxygen atoms in total. The molecule has 0 spiro atoms. The van der Waals surface area contributed by atoms with Gasteiger partial charge in [-0.3, -0.25) is 9.59 Å². The minimum atomic E-state index is -0.438. The lowest BCUT2D eigenvalue weighted by Gasteiger charge is -2.32. The summed E-state index contributed by atoms with van der Waals surface area (Å²) in [6.45, 7) is 4.98. The van der Waals surface area contributed by atoms with E-state index in [-0.39, 0.29) is 12.2 Å². The number of cyclic esters (lactones) is 2. The van der Waals surface area contributed by atoms with Gasteiger partial charge in [0.05, 0.1) is 25.0 Å². The fraction of sp³-hybridized carbons (Fsp3) is 0.833. The van der Waals surface area contributed by atoms with Gasteiger partial charge in [0, 0.05) is 5.92 Å². The van der Waals surface area contributed by atoms with Gasteiger partial charge in [-0.05, 0) is 12.8 Å². The molecule has 96 valence electrons. The summed E-state index contributed by atoms with van der Waals surface area (Å²) in [6.07, 6.45) is 1.21. The zero-order chi connectivity index (χ0) is 12.4. The minimum absolute atomic E-state index is 0.107. The second kappa shape index (κ2) is 5.14. The molecule has 0 radical (unpaired) electrons. The molecule has 2 saturated heterocycles. The van der Waals surface area contributed by atoms with E-state index in [2.05, 4.69) is 4.74 Å². The van der Waals surface area contributed by atoms with E-state index in [1.807, 2.05) is 6.92 Å². The first-order valence-corrected chi connectivity index (χ1v) is 6.14. The van der Waals surface area contributed by atoms with Crippen LogP contribution in [0.25, 0.3) is 0 Å². The molecule has 5 heteroatoms. The van der Waals surface area contributed by atoms with Crippen LogP contribution in [0.5, 0.6) is 0 Å². The lowest BCUT2D eigenvalue weighted by atomic mass is 9.82. The summed E-state index contributed by atoms with van der Waals surface area (Å²) in [6, 6.07) is 0. The number of rotatable bonds is 3. The van der Waals surface area contributed by atoms with E-state index in [0.29, 0.717) is 13.2 Å². The molecule has 0 saturated carbocycles. The van der Waals surface area contributed by atoms with E-state index in [1.165, 1.54) is 0 Å². The number of carbonyl (C=O) groups excluding carboxylic acids is 2. The average molecular weight is 242 g/mol. The summed E-state index contributed by atoms with van der Waals surface area (Å²) in [5.74, 6) is -1.82. The van der Waals surface area contributed by atoms with Gasteiger partial charge in [-0.15, -0.1) is 0 Å². The van der Waals surface area contributed by atoms with Crippen LogP contribution in [0.4, 0.5) is 0 Å². The molecule has 0 aromatic rings. The average Bonchev–Trinajstić information content (AvgIpc) is 2.58. The van der Waals surface area contributed by atoms with E-state index < -0.39 is 23.8 Å². The highest BCUT2D eigenvalue weighted by Crippen LogP contribution is 2.35. The normalized spacial score (nSPS) is 32.6. The maximum absolute atomic E-state index is 11.7. The van der Waals surface area contributed by atoms with Crippen LogP contribution in [0.1, 0.15) is 26.7 Å². The summed E-state index contributed by atoms with van der Waals surface area (Å²) < 4.78 is 15.7. The van der Waals surface area contributed by atoms with Crippen molar-refractivity contribution in [2.45, 2.75) is 33.0 Å². The Bertz CT molecular complexity index is 308. The van der Waals surface area contributed by atoms with Crippen LogP contribution in [0.3, 0.4) is 0 Å². The van der Waals surface area contributed by atoms with Crippen molar-refractivity contribution < 1.29 is 23.8 Å². The molecule has 2 heterocycles. The van der Waals surface area contributed by atoms with Crippen molar-refractivity contribution in [3.63, 3.8) is 0 Å². The molecule has 3 unspecified atom stereocenters. The van der Waals surface area contributed by atoms with Crippen molar-refractivity contribution in [2.24, 2.45) is 17.8 Å². The smallest absolute Gasteiger partial charge is 0.317 e. The number of hydrogen-bond donors (Lipinski definition) is 0. The predicted octanol–water partition coefficient (Wildman–Crippen LogP) is 1.11. The molecule has 17 heavy (non-hydrogen) atoms. The van der Waals surface area contributed by atoms with Crippen molar-refractivity contribution >= 4 is 11.9 Å². The standard InChI is InChI=1S/C12H18O5/c1-3-8(12-15-5-4-6-16-12)9-7(2)10(13)17-11(9)14/h7-9,12H,3-6H2,1-2H3. The van der Waals surface area contributed by atoms with Gasteiger partial charge in [0.1, 0.15) is 0 Å². The zero-order valence-corrected chi connectivity index (χ0v) is 10.2. The van der Waals surface area contributed by atoms with E-state index in [0.717, 1.165) is 12.8 Å². The van der Waals surface area contributed by atoms with Gasteiger partial charge in [0.2, 0.25) is 0 Å². The molecular formula is C12H18O5. The van der Waals surface area contributed by atoms with E-state index in [9.17, 15) is 9.59 Å². The van der Waals surface area contributed by atoms with Crippen LogP contribution < -0.4 is 0 Å². The van der Waals surface area contributed by atoms with Gasteiger partial charge in [0.25, 0.3) is 0 Å². The Morgan fingerprint density at radius 3 is 2.35 bits per heavy atom. The molecule has 2 rings (SSSR count). The highest BCUT2D eigenvalue weighted by molar-refractivity contribution is 5.96. The van der Waals surface area contributed by atoms with Gasteiger partial charge in [0.15, 0.2) is 6.29 Å². The van der Waals surface area contributed by atoms with Crippen LogP contribution in [0.2, 0.25) is 0 Å². The number of hydrogen-bond acceptors (Lipinski definition) is 5. The van der Waals surface area contributed by atoms with Crippen LogP contribution in [-0.2, 0) is 23.8 Å². The molecule has 2 fully saturated rings. The molecule has 2 aliphatic heterocycles. The molecule has 2 aliphatic rings. The topological polar surface area (TPSA) is 61.8 Å². The Morgan fingerprint density at radius 2 is 1.88 bits per heavy atom. The zero-order valence-electron chi connectivity index (χ0n) is 10.2. The quantitative estimate of drug-likeness (QED) is 0.548. The third-order valence-electron chi connectivity index (χ3n) is 3.52. The van der Waals surface area contributed by atoms with Crippen molar-refractivity contribution in [2.75, 3.05) is 13.2 Å². The fourth-order valence-electron chi connectivity index (χ4n) is 2.53. The van der Waals surface area contributed by atoms with Gasteiger partial charge in [-0.2, -0.15) is 0 Å². The summed E-state index contributed by atoms with van der Waals surface area (Å²) in [7, 11) is 0. The molecule has 0 N–H and O–H groups in total. The molecule has 0 aromatic heterocycles. The third kappa shape index (κ3) is 2.35. The largest absolute Gasteiger partial charge is 0.393 e. The Kier molecular flexibility index (Phi) is 3.79. The van der Waals surface area contributed by atoms with Crippen LogP contribution in [0.15, 0.2) is 0 Å². The first kappa shape index (κ1) is 12.5. The van der Waals surface area contributed by atoms with Crippen LogP contribution >= 0.6 is 0 Å². The summed E-state index contributed by atoms with van der Waals surface area (Å²) in [5.41, 5.74) is 0. The number of ether oxygens (including phenoxy) is 3. The molecule has 0 amide bonds. The second-order valence-corrected chi connectivity index (χ2v) is 4.59. The number of esters is 2. The lowest BCUT2D eigenvalue weighted by molar-refractivity contribution is -0.216. The fourth-order valence-corrected chi connectivity index (χ4v) is 2.53. The predicted molar refractivity (Wildman–Crippen MR) is 57.8 cm³/mol. The molecule has 0 aliphatic carbocycles. The summed E-state index contributed by atoms with van der Waals surface area (Å²) in [5, 5.41) is 0. The van der Waals surface area contributed by atoms with Crippen LogP contribution in [-0.4, -0.2) is 31.4 Å². The van der Waals surface area contributed by atoms with Gasteiger partial charge < -0.3 is 14.2 Å². The maximum atomic E-state index is 11.7. The highest BCUT2D eigenvalue weighted by atomic mass is 16.7. The minimum Gasteiger partial charge on any atom is -0.393 e. The van der Waals surface area contributed by atoms with Crippen LogP contribution in [0, 0.1) is 17.8 Å². The SMILES string of the molecule is CCC(C1OCCCO1)C1C(=O)OC(=O)C1C. The third-order valence-corrected chi connectivity index (χ3v) is 3.52. The van der Waals surface area contributed by atoms with Crippen molar-refractivity contribution in [3.05, 3.63) is 0 Å². The van der Waals surface area contributed by atoms with Gasteiger partial charge >= 0.3 is 11.9 Å². The molecule has 0 bridgehead atoms.